The average Bonchev–Trinajstić information content (AvgIpc) is 3.63. The molecule has 2 aromatic rings. The molecule has 0 heterocycles. The van der Waals surface area contributed by atoms with E-state index in [4.69, 9.17) is 14.6 Å². The molecule has 1 aliphatic rings. The van der Waals surface area contributed by atoms with Crippen molar-refractivity contribution in [1.82, 2.24) is 5.32 Å². The summed E-state index contributed by atoms with van der Waals surface area (Å²) in [4.78, 5) is 0. The first kappa shape index (κ1) is 28.2. The monoisotopic (exact) mass is 445 g/mol. The maximum absolute atomic E-state index is 7.00. The van der Waals surface area contributed by atoms with Crippen molar-refractivity contribution in [3.63, 3.8) is 0 Å². The molecule has 32 heavy (non-hydrogen) atoms. The lowest BCUT2D eigenvalue weighted by Crippen LogP contribution is -2.17. The van der Waals surface area contributed by atoms with E-state index in [9.17, 15) is 0 Å². The maximum atomic E-state index is 7.00. The summed E-state index contributed by atoms with van der Waals surface area (Å²) in [6.45, 7) is 11.4. The van der Waals surface area contributed by atoms with Crippen molar-refractivity contribution < 1.29 is 16.0 Å². The van der Waals surface area contributed by atoms with E-state index in [-0.39, 0.29) is 7.47 Å². The highest BCUT2D eigenvalue weighted by Crippen LogP contribution is 2.30. The van der Waals surface area contributed by atoms with Gasteiger partial charge in [0.05, 0.1) is 19.3 Å². The number of hydrogen-bond acceptors (Lipinski definition) is 4. The van der Waals surface area contributed by atoms with Gasteiger partial charge in [-0.05, 0) is 60.9 Å². The molecule has 4 heteroatoms. The zero-order chi connectivity index (χ0) is 23.8. The van der Waals surface area contributed by atoms with Crippen LogP contribution in [0.25, 0.3) is 0 Å². The van der Waals surface area contributed by atoms with Crippen LogP contribution in [0.5, 0.6) is 5.75 Å². The molecule has 3 rings (SSSR count). The second-order valence-electron chi connectivity index (χ2n) is 9.43. The summed E-state index contributed by atoms with van der Waals surface area (Å²) in [5.74, 6) is 1.76. The van der Waals surface area contributed by atoms with Crippen LogP contribution in [0.1, 0.15) is 72.0 Å². The van der Waals surface area contributed by atoms with E-state index < -0.39 is 0 Å². The van der Waals surface area contributed by atoms with Gasteiger partial charge in [0.15, 0.2) is 0 Å². The summed E-state index contributed by atoms with van der Waals surface area (Å²) in [6.07, 6.45) is 5.06. The standard InChI is InChI=1S/C18H21NO.C9H20O.CH4O.H2/c1-19-18(15-6-3-2-4-7-15)16-8-5-9-17(12-16)20-13-14-10-11-14;1-5-6-7-10-8-9(2,3)4;1-2;/h2-9,12,14,18-19H,10-11,13H2,1H3;5-8H2,1-4H3;2H,1H3;1H. The van der Waals surface area contributed by atoms with Crippen LogP contribution >= 0.6 is 0 Å². The second-order valence-corrected chi connectivity index (χ2v) is 9.43. The fraction of sp³-hybridized carbons (Fsp3) is 0.571. The molecule has 0 spiro atoms. The van der Waals surface area contributed by atoms with Crippen LogP contribution in [0.3, 0.4) is 0 Å². The summed E-state index contributed by atoms with van der Waals surface area (Å²) < 4.78 is 11.3. The topological polar surface area (TPSA) is 50.7 Å². The average molecular weight is 446 g/mol. The van der Waals surface area contributed by atoms with Gasteiger partial charge < -0.3 is 19.9 Å². The number of aliphatic hydroxyl groups excluding tert-OH is 1. The summed E-state index contributed by atoms with van der Waals surface area (Å²) in [5, 5.41) is 10.4. The highest BCUT2D eigenvalue weighted by Gasteiger charge is 2.22. The summed E-state index contributed by atoms with van der Waals surface area (Å²) >= 11 is 0. The molecule has 0 bridgehead atoms. The number of nitrogens with one attached hydrogen (secondary N) is 1. The van der Waals surface area contributed by atoms with Crippen molar-refractivity contribution in [1.29, 1.82) is 0 Å². The quantitative estimate of drug-likeness (QED) is 0.411. The van der Waals surface area contributed by atoms with E-state index in [0.29, 0.717) is 5.41 Å². The van der Waals surface area contributed by atoms with Crippen LogP contribution in [0, 0.1) is 11.3 Å². The number of aliphatic hydroxyl groups is 1. The van der Waals surface area contributed by atoms with E-state index in [2.05, 4.69) is 75.5 Å². The van der Waals surface area contributed by atoms with Gasteiger partial charge in [0.1, 0.15) is 5.75 Å². The van der Waals surface area contributed by atoms with Gasteiger partial charge in [-0.15, -0.1) is 0 Å². The van der Waals surface area contributed by atoms with Crippen molar-refractivity contribution in [3.8, 4) is 5.75 Å². The van der Waals surface area contributed by atoms with Gasteiger partial charge >= 0.3 is 0 Å². The molecule has 2 aromatic carbocycles. The Bertz CT molecular complexity index is 715. The molecule has 2 N–H and O–H groups in total. The molecule has 4 nitrogen and oxygen atoms in total. The Morgan fingerprint density at radius 2 is 1.69 bits per heavy atom. The minimum atomic E-state index is 0. The third kappa shape index (κ3) is 12.2. The normalized spacial score (nSPS) is 13.8. The van der Waals surface area contributed by atoms with Crippen LogP contribution in [0.2, 0.25) is 0 Å². The van der Waals surface area contributed by atoms with Gasteiger partial charge in [-0.25, -0.2) is 0 Å². The lowest BCUT2D eigenvalue weighted by Gasteiger charge is -2.18. The molecular formula is C28H47NO3. The Balaban J connectivity index is 0.000000677. The zero-order valence-corrected chi connectivity index (χ0v) is 21.1. The van der Waals surface area contributed by atoms with Crippen LogP contribution < -0.4 is 10.1 Å². The molecular weight excluding hydrogens is 398 g/mol. The Hall–Kier alpha value is -1.88. The second kappa shape index (κ2) is 15.8. The van der Waals surface area contributed by atoms with Crippen LogP contribution in [0.4, 0.5) is 0 Å². The minimum Gasteiger partial charge on any atom is -0.493 e. The maximum Gasteiger partial charge on any atom is 0.119 e. The molecule has 1 fully saturated rings. The molecule has 0 saturated heterocycles. The number of hydrogen-bond donors (Lipinski definition) is 2. The first-order valence-electron chi connectivity index (χ1n) is 11.9. The first-order valence-corrected chi connectivity index (χ1v) is 11.9. The Morgan fingerprint density at radius 3 is 2.25 bits per heavy atom. The lowest BCUT2D eigenvalue weighted by molar-refractivity contribution is 0.0694. The molecule has 0 radical (unpaired) electrons. The molecule has 182 valence electrons. The van der Waals surface area contributed by atoms with E-state index in [1.54, 1.807) is 0 Å². The van der Waals surface area contributed by atoms with E-state index in [1.165, 1.54) is 36.8 Å². The third-order valence-corrected chi connectivity index (χ3v) is 4.97. The molecule has 0 aromatic heterocycles. The predicted molar refractivity (Wildman–Crippen MR) is 137 cm³/mol. The third-order valence-electron chi connectivity index (χ3n) is 4.97. The zero-order valence-electron chi connectivity index (χ0n) is 21.1. The molecule has 1 atom stereocenters. The number of ether oxygens (including phenoxy) is 2. The smallest absolute Gasteiger partial charge is 0.119 e. The van der Waals surface area contributed by atoms with Crippen molar-refractivity contribution in [3.05, 3.63) is 65.7 Å². The summed E-state index contributed by atoms with van der Waals surface area (Å²) in [6, 6.07) is 19.1. The minimum absolute atomic E-state index is 0. The van der Waals surface area contributed by atoms with Gasteiger partial charge in [0.2, 0.25) is 0 Å². The summed E-state index contributed by atoms with van der Waals surface area (Å²) in [5.41, 5.74) is 2.84. The number of benzene rings is 2. The fourth-order valence-electron chi connectivity index (χ4n) is 3.08. The van der Waals surface area contributed by atoms with Gasteiger partial charge in [0.25, 0.3) is 0 Å². The molecule has 1 aliphatic carbocycles. The van der Waals surface area contributed by atoms with Crippen LogP contribution in [-0.2, 0) is 4.74 Å². The van der Waals surface area contributed by atoms with Crippen molar-refractivity contribution in [2.45, 2.75) is 59.4 Å². The van der Waals surface area contributed by atoms with Crippen molar-refractivity contribution in [2.24, 2.45) is 11.3 Å². The van der Waals surface area contributed by atoms with Gasteiger partial charge in [-0.2, -0.15) is 0 Å². The highest BCUT2D eigenvalue weighted by atomic mass is 16.5. The van der Waals surface area contributed by atoms with E-state index >= 15 is 0 Å². The Morgan fingerprint density at radius 1 is 1.03 bits per heavy atom. The van der Waals surface area contributed by atoms with Gasteiger partial charge in [0, 0.05) is 15.1 Å². The van der Waals surface area contributed by atoms with Crippen molar-refractivity contribution >= 4 is 0 Å². The van der Waals surface area contributed by atoms with E-state index in [1.807, 2.05) is 19.2 Å². The summed E-state index contributed by atoms with van der Waals surface area (Å²) in [7, 11) is 3.00. The van der Waals surface area contributed by atoms with Crippen molar-refractivity contribution in [2.75, 3.05) is 34.0 Å². The molecule has 0 amide bonds. The van der Waals surface area contributed by atoms with Gasteiger partial charge in [-0.1, -0.05) is 76.6 Å². The lowest BCUT2D eigenvalue weighted by atomic mass is 9.99. The molecule has 1 unspecified atom stereocenters. The molecule has 1 saturated carbocycles. The number of rotatable bonds is 10. The molecule has 0 aliphatic heterocycles. The predicted octanol–water partition coefficient (Wildman–Crippen LogP) is 6.49. The van der Waals surface area contributed by atoms with Crippen LogP contribution in [0.15, 0.2) is 54.6 Å². The van der Waals surface area contributed by atoms with Gasteiger partial charge in [-0.3, -0.25) is 0 Å². The first-order chi connectivity index (χ1) is 15.4. The Labute approximate surface area is 197 Å². The Kier molecular flexibility index (Phi) is 13.9. The SMILES string of the molecule is CCCCOCC(C)(C)C.CNC(c1ccccc1)c1cccc(OCC2CC2)c1.CO.[HH]. The number of unbranched alkanes of at least 4 members (excludes halogenated alkanes) is 1. The fourth-order valence-corrected chi connectivity index (χ4v) is 3.08. The van der Waals surface area contributed by atoms with E-state index in [0.717, 1.165) is 38.6 Å². The van der Waals surface area contributed by atoms with Crippen LogP contribution in [-0.4, -0.2) is 39.1 Å². The largest absolute Gasteiger partial charge is 0.493 e. The highest BCUT2D eigenvalue weighted by molar-refractivity contribution is 5.36.